The topological polar surface area (TPSA) is 81.2 Å². The molecule has 1 amide bonds. The fraction of sp³-hybridized carbons (Fsp3) is 0.167. The van der Waals surface area contributed by atoms with Gasteiger partial charge in [0.1, 0.15) is 0 Å². The molecule has 0 unspecified atom stereocenters. The Balaban J connectivity index is 2.12. The van der Waals surface area contributed by atoms with Crippen LogP contribution in [-0.2, 0) is 4.74 Å². The first kappa shape index (κ1) is 14.4. The minimum absolute atomic E-state index is 0.150. The van der Waals surface area contributed by atoms with Gasteiger partial charge < -0.3 is 10.1 Å². The Morgan fingerprint density at radius 2 is 2.20 bits per heavy atom. The predicted octanol–water partition coefficient (Wildman–Crippen LogP) is 2.62. The number of aromatic nitrogens is 2. The highest BCUT2D eigenvalue weighted by Gasteiger charge is 2.13. The van der Waals surface area contributed by atoms with E-state index in [4.69, 9.17) is 16.3 Å². The van der Waals surface area contributed by atoms with Crippen molar-refractivity contribution in [3.05, 3.63) is 39.3 Å². The molecule has 6 nitrogen and oxygen atoms in total. The summed E-state index contributed by atoms with van der Waals surface area (Å²) >= 11 is 6.59. The first-order chi connectivity index (χ1) is 9.60. The van der Waals surface area contributed by atoms with Crippen molar-refractivity contribution in [2.75, 3.05) is 11.9 Å². The molecule has 0 atom stereocenters. The van der Waals surface area contributed by atoms with Crippen molar-refractivity contribution in [3.63, 3.8) is 0 Å². The van der Waals surface area contributed by atoms with E-state index in [2.05, 4.69) is 15.5 Å². The maximum Gasteiger partial charge on any atom is 0.338 e. The highest BCUT2D eigenvalue weighted by atomic mass is 35.5. The van der Waals surface area contributed by atoms with Crippen LogP contribution in [0.15, 0.2) is 24.3 Å². The van der Waals surface area contributed by atoms with Gasteiger partial charge in [0, 0.05) is 5.69 Å². The van der Waals surface area contributed by atoms with E-state index in [1.165, 1.54) is 6.07 Å². The van der Waals surface area contributed by atoms with Crippen LogP contribution in [0.1, 0.15) is 27.1 Å². The van der Waals surface area contributed by atoms with E-state index in [9.17, 15) is 9.59 Å². The Morgan fingerprint density at radius 1 is 1.40 bits per heavy atom. The lowest BCUT2D eigenvalue weighted by Crippen LogP contribution is -2.12. The highest BCUT2D eigenvalue weighted by molar-refractivity contribution is 7.17. The van der Waals surface area contributed by atoms with Crippen LogP contribution >= 0.6 is 22.9 Å². The second-order valence-corrected chi connectivity index (χ2v) is 5.18. The van der Waals surface area contributed by atoms with Crippen molar-refractivity contribution in [1.82, 2.24) is 10.2 Å². The number of hydrogen-bond acceptors (Lipinski definition) is 6. The van der Waals surface area contributed by atoms with Crippen LogP contribution in [0.4, 0.5) is 5.69 Å². The van der Waals surface area contributed by atoms with Gasteiger partial charge in [-0.2, -0.15) is 0 Å². The summed E-state index contributed by atoms with van der Waals surface area (Å²) in [6.45, 7) is 2.02. The molecule has 8 heteroatoms. The van der Waals surface area contributed by atoms with Gasteiger partial charge in [0.2, 0.25) is 9.47 Å². The number of ether oxygens (including phenoxy) is 1. The maximum absolute atomic E-state index is 11.9. The first-order valence-corrected chi connectivity index (χ1v) is 6.87. The normalized spacial score (nSPS) is 10.1. The molecule has 2 rings (SSSR count). The third-order valence-electron chi connectivity index (χ3n) is 2.23. The molecule has 20 heavy (non-hydrogen) atoms. The Labute approximate surface area is 123 Å². The largest absolute Gasteiger partial charge is 0.462 e. The fourth-order valence-electron chi connectivity index (χ4n) is 1.42. The van der Waals surface area contributed by atoms with E-state index >= 15 is 0 Å². The van der Waals surface area contributed by atoms with Crippen LogP contribution in [0.2, 0.25) is 4.47 Å². The molecule has 0 radical (unpaired) electrons. The van der Waals surface area contributed by atoms with Gasteiger partial charge in [-0.1, -0.05) is 17.4 Å². The quantitative estimate of drug-likeness (QED) is 0.878. The second kappa shape index (κ2) is 6.44. The monoisotopic (exact) mass is 311 g/mol. The molecule has 1 aromatic heterocycles. The lowest BCUT2D eigenvalue weighted by Gasteiger charge is -2.05. The number of benzene rings is 1. The summed E-state index contributed by atoms with van der Waals surface area (Å²) in [5.74, 6) is -0.877. The van der Waals surface area contributed by atoms with Gasteiger partial charge in [0.05, 0.1) is 12.2 Å². The van der Waals surface area contributed by atoms with Gasteiger partial charge in [-0.3, -0.25) is 4.79 Å². The average molecular weight is 312 g/mol. The smallest absolute Gasteiger partial charge is 0.338 e. The molecule has 104 valence electrons. The van der Waals surface area contributed by atoms with Crippen molar-refractivity contribution in [2.24, 2.45) is 0 Å². The molecule has 1 heterocycles. The van der Waals surface area contributed by atoms with Crippen molar-refractivity contribution in [2.45, 2.75) is 6.92 Å². The SMILES string of the molecule is CCOC(=O)c1cccc(NC(=O)c2nnc(Cl)s2)c1. The zero-order valence-corrected chi connectivity index (χ0v) is 12.0. The van der Waals surface area contributed by atoms with Gasteiger partial charge in [0.15, 0.2) is 0 Å². The number of carbonyl (C=O) groups excluding carboxylic acids is 2. The molecule has 0 aliphatic carbocycles. The van der Waals surface area contributed by atoms with E-state index in [1.54, 1.807) is 25.1 Å². The predicted molar refractivity (Wildman–Crippen MR) is 75.3 cm³/mol. The number of amides is 1. The second-order valence-electron chi connectivity index (χ2n) is 3.62. The number of hydrogen-bond donors (Lipinski definition) is 1. The summed E-state index contributed by atoms with van der Waals surface area (Å²) in [4.78, 5) is 23.4. The minimum atomic E-state index is -0.442. The highest BCUT2D eigenvalue weighted by Crippen LogP contribution is 2.17. The third kappa shape index (κ3) is 3.52. The molecular formula is C12H10ClN3O3S. The van der Waals surface area contributed by atoms with Crippen molar-refractivity contribution < 1.29 is 14.3 Å². The molecule has 2 aromatic rings. The first-order valence-electron chi connectivity index (χ1n) is 5.67. The Bertz CT molecular complexity index is 644. The van der Waals surface area contributed by atoms with Gasteiger partial charge in [-0.05, 0) is 36.7 Å². The molecular weight excluding hydrogens is 302 g/mol. The summed E-state index contributed by atoms with van der Waals surface area (Å²) in [5.41, 5.74) is 0.826. The molecule has 0 aliphatic heterocycles. The number of halogens is 1. The van der Waals surface area contributed by atoms with E-state index in [1.807, 2.05) is 0 Å². The van der Waals surface area contributed by atoms with Crippen LogP contribution in [0.25, 0.3) is 0 Å². The number of nitrogens with one attached hydrogen (secondary N) is 1. The van der Waals surface area contributed by atoms with Gasteiger partial charge in [0.25, 0.3) is 5.91 Å². The Hall–Kier alpha value is -1.99. The lowest BCUT2D eigenvalue weighted by molar-refractivity contribution is 0.0526. The summed E-state index contributed by atoms with van der Waals surface area (Å²) in [5, 5.41) is 9.94. The number of rotatable bonds is 4. The minimum Gasteiger partial charge on any atom is -0.462 e. The van der Waals surface area contributed by atoms with Gasteiger partial charge in [-0.25, -0.2) is 4.79 Å². The summed E-state index contributed by atoms with van der Waals surface area (Å²) in [6.07, 6.45) is 0. The standard InChI is InChI=1S/C12H10ClN3O3S/c1-2-19-11(18)7-4-3-5-8(6-7)14-9(17)10-15-16-12(13)20-10/h3-6H,2H2,1H3,(H,14,17). The van der Waals surface area contributed by atoms with E-state index < -0.39 is 11.9 Å². The maximum atomic E-state index is 11.9. The number of anilines is 1. The van der Waals surface area contributed by atoms with E-state index in [0.29, 0.717) is 17.9 Å². The van der Waals surface area contributed by atoms with E-state index in [-0.39, 0.29) is 9.47 Å². The zero-order chi connectivity index (χ0) is 14.5. The van der Waals surface area contributed by atoms with Crippen LogP contribution in [0.5, 0.6) is 0 Å². The number of carbonyl (C=O) groups is 2. The van der Waals surface area contributed by atoms with Crippen LogP contribution in [0, 0.1) is 0 Å². The number of nitrogens with zero attached hydrogens (tertiary/aromatic N) is 2. The van der Waals surface area contributed by atoms with Crippen molar-refractivity contribution in [1.29, 1.82) is 0 Å². The third-order valence-corrected chi connectivity index (χ3v) is 3.24. The molecule has 1 aromatic carbocycles. The number of esters is 1. The molecule has 0 fully saturated rings. The van der Waals surface area contributed by atoms with Crippen LogP contribution in [-0.4, -0.2) is 28.7 Å². The summed E-state index contributed by atoms with van der Waals surface area (Å²) < 4.78 is 5.08. The average Bonchev–Trinajstić information content (AvgIpc) is 2.86. The molecule has 0 bridgehead atoms. The molecule has 1 N–H and O–H groups in total. The van der Waals surface area contributed by atoms with Crippen molar-refractivity contribution >= 4 is 40.5 Å². The van der Waals surface area contributed by atoms with Crippen LogP contribution in [0.3, 0.4) is 0 Å². The summed E-state index contributed by atoms with van der Waals surface area (Å²) in [7, 11) is 0. The van der Waals surface area contributed by atoms with Gasteiger partial charge >= 0.3 is 5.97 Å². The van der Waals surface area contributed by atoms with Crippen LogP contribution < -0.4 is 5.32 Å². The lowest BCUT2D eigenvalue weighted by atomic mass is 10.2. The molecule has 0 saturated carbocycles. The van der Waals surface area contributed by atoms with E-state index in [0.717, 1.165) is 11.3 Å². The Kier molecular flexibility index (Phi) is 4.65. The Morgan fingerprint density at radius 3 is 2.85 bits per heavy atom. The fourth-order valence-corrected chi connectivity index (χ4v) is 2.14. The molecule has 0 aliphatic rings. The summed E-state index contributed by atoms with van der Waals surface area (Å²) in [6, 6.07) is 6.44. The van der Waals surface area contributed by atoms with Crippen molar-refractivity contribution in [3.8, 4) is 0 Å². The molecule has 0 spiro atoms. The molecule has 0 saturated heterocycles. The van der Waals surface area contributed by atoms with Gasteiger partial charge in [-0.15, -0.1) is 10.2 Å². The zero-order valence-electron chi connectivity index (χ0n) is 10.4.